The maximum Gasteiger partial charge on any atom is 0.272 e. The first-order valence-electron chi connectivity index (χ1n) is 11.0. The lowest BCUT2D eigenvalue weighted by atomic mass is 9.80. The highest BCUT2D eigenvalue weighted by Crippen LogP contribution is 2.33. The number of amides is 1. The standard InChI is InChI=1S/C27H34N2O4/c1-26(2,3)16-12-17(27(4,5)6)14-18(13-16)28-25(31)19-15-20(30)23-21(32-8)10-11-22(33-9)24(23)29(19)7/h10-15H,1-9H3,(H,28,31). The van der Waals surface area contributed by atoms with Crippen LogP contribution in [0.2, 0.25) is 0 Å². The predicted molar refractivity (Wildman–Crippen MR) is 134 cm³/mol. The van der Waals surface area contributed by atoms with Crippen LogP contribution >= 0.6 is 0 Å². The molecular formula is C27H34N2O4. The summed E-state index contributed by atoms with van der Waals surface area (Å²) < 4.78 is 12.5. The molecule has 1 N–H and O–H groups in total. The van der Waals surface area contributed by atoms with E-state index in [4.69, 9.17) is 9.47 Å². The van der Waals surface area contributed by atoms with Crippen molar-refractivity contribution in [1.29, 1.82) is 0 Å². The number of nitrogens with one attached hydrogen (secondary N) is 1. The van der Waals surface area contributed by atoms with Crippen molar-refractivity contribution < 1.29 is 14.3 Å². The molecule has 0 aliphatic rings. The number of hydrogen-bond acceptors (Lipinski definition) is 4. The Morgan fingerprint density at radius 3 is 1.85 bits per heavy atom. The van der Waals surface area contributed by atoms with E-state index < -0.39 is 0 Å². The molecule has 0 aliphatic carbocycles. The zero-order valence-corrected chi connectivity index (χ0v) is 21.0. The summed E-state index contributed by atoms with van der Waals surface area (Å²) in [4.78, 5) is 26.4. The van der Waals surface area contributed by atoms with Gasteiger partial charge in [0.25, 0.3) is 5.91 Å². The van der Waals surface area contributed by atoms with E-state index >= 15 is 0 Å². The summed E-state index contributed by atoms with van der Waals surface area (Å²) in [5, 5.41) is 3.39. The van der Waals surface area contributed by atoms with Gasteiger partial charge in [0.05, 0.1) is 25.1 Å². The van der Waals surface area contributed by atoms with Crippen molar-refractivity contribution in [1.82, 2.24) is 4.57 Å². The average Bonchev–Trinajstić information content (AvgIpc) is 2.73. The van der Waals surface area contributed by atoms with Crippen molar-refractivity contribution >= 4 is 22.5 Å². The Kier molecular flexibility index (Phi) is 6.33. The Hall–Kier alpha value is -3.28. The topological polar surface area (TPSA) is 69.6 Å². The summed E-state index contributed by atoms with van der Waals surface area (Å²) >= 11 is 0. The molecule has 0 radical (unpaired) electrons. The fourth-order valence-electron chi connectivity index (χ4n) is 3.85. The van der Waals surface area contributed by atoms with Crippen molar-refractivity contribution in [2.24, 2.45) is 7.05 Å². The van der Waals surface area contributed by atoms with E-state index in [9.17, 15) is 9.59 Å². The molecule has 0 bridgehead atoms. The van der Waals surface area contributed by atoms with Crippen molar-refractivity contribution in [2.45, 2.75) is 52.4 Å². The molecule has 1 amide bonds. The molecule has 176 valence electrons. The van der Waals surface area contributed by atoms with Gasteiger partial charge in [0.15, 0.2) is 5.43 Å². The van der Waals surface area contributed by atoms with Gasteiger partial charge in [-0.3, -0.25) is 9.59 Å². The smallest absolute Gasteiger partial charge is 0.272 e. The van der Waals surface area contributed by atoms with Crippen molar-refractivity contribution in [2.75, 3.05) is 19.5 Å². The highest BCUT2D eigenvalue weighted by atomic mass is 16.5. The van der Waals surface area contributed by atoms with E-state index in [-0.39, 0.29) is 27.9 Å². The van der Waals surface area contributed by atoms with Gasteiger partial charge in [0, 0.05) is 18.8 Å². The third-order valence-electron chi connectivity index (χ3n) is 5.91. The van der Waals surface area contributed by atoms with Crippen LogP contribution in [0.1, 0.15) is 63.2 Å². The molecular weight excluding hydrogens is 416 g/mol. The number of methoxy groups -OCH3 is 2. The summed E-state index contributed by atoms with van der Waals surface area (Å²) in [6.45, 7) is 12.9. The van der Waals surface area contributed by atoms with Gasteiger partial charge in [-0.1, -0.05) is 47.6 Å². The number of carbonyl (C=O) groups excluding carboxylic acids is 1. The van der Waals surface area contributed by atoms with Crippen LogP contribution < -0.4 is 20.2 Å². The largest absolute Gasteiger partial charge is 0.496 e. The number of ether oxygens (including phenoxy) is 2. The monoisotopic (exact) mass is 450 g/mol. The molecule has 0 saturated carbocycles. The third kappa shape index (κ3) is 4.75. The van der Waals surface area contributed by atoms with E-state index in [1.807, 2.05) is 12.1 Å². The molecule has 0 unspecified atom stereocenters. The van der Waals surface area contributed by atoms with Gasteiger partial charge in [0.1, 0.15) is 17.2 Å². The van der Waals surface area contributed by atoms with Crippen LogP contribution in [0.5, 0.6) is 11.5 Å². The number of hydrogen-bond donors (Lipinski definition) is 1. The second-order valence-electron chi connectivity index (χ2n) is 10.4. The quantitative estimate of drug-likeness (QED) is 0.578. The number of fused-ring (bicyclic) bond motifs is 1. The molecule has 0 atom stereocenters. The number of nitrogens with zero attached hydrogens (tertiary/aromatic N) is 1. The van der Waals surface area contributed by atoms with Gasteiger partial charge in [-0.2, -0.15) is 0 Å². The Labute approximate surface area is 195 Å². The van der Waals surface area contributed by atoms with Crippen molar-refractivity contribution in [3.8, 4) is 11.5 Å². The van der Waals surface area contributed by atoms with Crippen LogP contribution in [0, 0.1) is 0 Å². The molecule has 1 aromatic heterocycles. The number of aryl methyl sites for hydroxylation is 1. The fraction of sp³-hybridized carbons (Fsp3) is 0.407. The summed E-state index contributed by atoms with van der Waals surface area (Å²) in [5.41, 5.74) is 3.23. The number of pyridine rings is 1. The molecule has 3 aromatic rings. The lowest BCUT2D eigenvalue weighted by Crippen LogP contribution is -2.23. The Morgan fingerprint density at radius 1 is 0.848 bits per heavy atom. The van der Waals surface area contributed by atoms with Gasteiger partial charge in [0.2, 0.25) is 0 Å². The molecule has 2 aromatic carbocycles. The fourth-order valence-corrected chi connectivity index (χ4v) is 3.85. The van der Waals surface area contributed by atoms with Gasteiger partial charge < -0.3 is 19.4 Å². The zero-order valence-electron chi connectivity index (χ0n) is 21.0. The van der Waals surface area contributed by atoms with Crippen LogP contribution in [0.15, 0.2) is 41.2 Å². The number of rotatable bonds is 4. The first kappa shape index (κ1) is 24.4. The van der Waals surface area contributed by atoms with Crippen molar-refractivity contribution in [3.63, 3.8) is 0 Å². The van der Waals surface area contributed by atoms with E-state index in [2.05, 4.69) is 52.9 Å². The summed E-state index contributed by atoms with van der Waals surface area (Å²) in [6, 6.07) is 10.9. The second-order valence-corrected chi connectivity index (χ2v) is 10.4. The number of benzene rings is 2. The summed E-state index contributed by atoms with van der Waals surface area (Å²) in [5.74, 6) is 0.558. The summed E-state index contributed by atoms with van der Waals surface area (Å²) in [6.07, 6.45) is 0. The minimum Gasteiger partial charge on any atom is -0.496 e. The minimum absolute atomic E-state index is 0.0829. The maximum atomic E-state index is 13.4. The molecule has 0 aliphatic heterocycles. The Balaban J connectivity index is 2.15. The molecule has 1 heterocycles. The van der Waals surface area contributed by atoms with Gasteiger partial charge in [-0.15, -0.1) is 0 Å². The van der Waals surface area contributed by atoms with E-state index in [1.54, 1.807) is 23.7 Å². The van der Waals surface area contributed by atoms with Crippen molar-refractivity contribution in [3.05, 3.63) is 63.4 Å². The normalized spacial score (nSPS) is 12.0. The molecule has 0 saturated heterocycles. The van der Waals surface area contributed by atoms with Gasteiger partial charge >= 0.3 is 0 Å². The van der Waals surface area contributed by atoms with Crippen LogP contribution in [-0.2, 0) is 17.9 Å². The highest BCUT2D eigenvalue weighted by molar-refractivity contribution is 6.05. The number of carbonyl (C=O) groups is 1. The van der Waals surface area contributed by atoms with Crippen LogP contribution in [0.25, 0.3) is 10.9 Å². The Bertz CT molecular complexity index is 1240. The lowest BCUT2D eigenvalue weighted by Gasteiger charge is -2.26. The first-order chi connectivity index (χ1) is 15.3. The zero-order chi connectivity index (χ0) is 24.7. The Morgan fingerprint density at radius 2 is 1.36 bits per heavy atom. The van der Waals surface area contributed by atoms with E-state index in [0.29, 0.717) is 28.1 Å². The van der Waals surface area contributed by atoms with Gasteiger partial charge in [-0.05, 0) is 46.2 Å². The molecule has 6 nitrogen and oxygen atoms in total. The predicted octanol–water partition coefficient (Wildman–Crippen LogP) is 5.40. The minimum atomic E-state index is -0.368. The molecule has 3 rings (SSSR count). The maximum absolute atomic E-state index is 13.4. The average molecular weight is 451 g/mol. The molecule has 6 heteroatoms. The molecule has 0 spiro atoms. The van der Waals surface area contributed by atoms with E-state index in [0.717, 1.165) is 11.1 Å². The van der Waals surface area contributed by atoms with Crippen LogP contribution in [0.3, 0.4) is 0 Å². The lowest BCUT2D eigenvalue weighted by molar-refractivity contribution is 0.101. The van der Waals surface area contributed by atoms with E-state index in [1.165, 1.54) is 20.3 Å². The van der Waals surface area contributed by atoms with Crippen LogP contribution in [0.4, 0.5) is 5.69 Å². The summed E-state index contributed by atoms with van der Waals surface area (Å²) in [7, 11) is 4.78. The second kappa shape index (κ2) is 8.58. The third-order valence-corrected chi connectivity index (χ3v) is 5.91. The molecule has 0 fully saturated rings. The molecule has 33 heavy (non-hydrogen) atoms. The first-order valence-corrected chi connectivity index (χ1v) is 11.0. The van der Waals surface area contributed by atoms with Gasteiger partial charge in [-0.25, -0.2) is 0 Å². The number of anilines is 1. The van der Waals surface area contributed by atoms with Crippen LogP contribution in [-0.4, -0.2) is 24.7 Å². The number of aromatic nitrogens is 1. The SMILES string of the molecule is COc1ccc(OC)c2c1c(=O)cc(C(=O)Nc1cc(C(C)(C)C)cc(C(C)(C)C)c1)n2C. The highest BCUT2D eigenvalue weighted by Gasteiger charge is 2.23.